The van der Waals surface area contributed by atoms with Crippen LogP contribution in [-0.4, -0.2) is 12.6 Å². The lowest BCUT2D eigenvalue weighted by Gasteiger charge is -2.06. The molecule has 0 saturated heterocycles. The van der Waals surface area contributed by atoms with Crippen molar-refractivity contribution in [2.45, 2.75) is 39.0 Å². The van der Waals surface area contributed by atoms with Gasteiger partial charge >= 0.3 is 5.97 Å². The first-order valence-electron chi connectivity index (χ1n) is 9.02. The van der Waals surface area contributed by atoms with E-state index in [2.05, 4.69) is 36.9 Å². The monoisotopic (exact) mass is 347 g/mol. The van der Waals surface area contributed by atoms with Crippen LogP contribution in [-0.2, 0) is 16.0 Å². The van der Waals surface area contributed by atoms with Gasteiger partial charge in [0.25, 0.3) is 0 Å². The highest BCUT2D eigenvalue weighted by Gasteiger charge is 2.02. The summed E-state index contributed by atoms with van der Waals surface area (Å²) < 4.78 is 5.08. The third-order valence-corrected chi connectivity index (χ3v) is 4.24. The molecule has 0 aliphatic carbocycles. The lowest BCUT2D eigenvalue weighted by atomic mass is 10.0. The van der Waals surface area contributed by atoms with Crippen LogP contribution in [0.4, 0.5) is 0 Å². The summed E-state index contributed by atoms with van der Waals surface area (Å²) in [5.74, 6) is -0.299. The SMILES string of the molecule is C=C(C)C(=O)OCCCCCCc1ccc(-c2ccc(C#N)cc2)cc1. The smallest absolute Gasteiger partial charge is 0.333 e. The van der Waals surface area contributed by atoms with Crippen molar-refractivity contribution in [3.05, 3.63) is 71.8 Å². The molecule has 26 heavy (non-hydrogen) atoms. The Morgan fingerprint density at radius 1 is 0.962 bits per heavy atom. The summed E-state index contributed by atoms with van der Waals surface area (Å²) in [6.07, 6.45) is 5.27. The maximum Gasteiger partial charge on any atom is 0.333 e. The fourth-order valence-electron chi connectivity index (χ4n) is 2.67. The Kier molecular flexibility index (Phi) is 7.64. The molecule has 0 bridgehead atoms. The highest BCUT2D eigenvalue weighted by atomic mass is 16.5. The van der Waals surface area contributed by atoms with Crippen LogP contribution in [0.1, 0.15) is 43.7 Å². The average molecular weight is 347 g/mol. The van der Waals surface area contributed by atoms with Crippen molar-refractivity contribution in [3.8, 4) is 17.2 Å². The van der Waals surface area contributed by atoms with Crippen LogP contribution in [0.2, 0.25) is 0 Å². The number of carbonyl (C=O) groups is 1. The van der Waals surface area contributed by atoms with Gasteiger partial charge in [0, 0.05) is 5.57 Å². The highest BCUT2D eigenvalue weighted by molar-refractivity contribution is 5.86. The van der Waals surface area contributed by atoms with Gasteiger partial charge in [0.05, 0.1) is 18.2 Å². The molecule has 3 nitrogen and oxygen atoms in total. The maximum absolute atomic E-state index is 11.2. The van der Waals surface area contributed by atoms with E-state index >= 15 is 0 Å². The largest absolute Gasteiger partial charge is 0.462 e. The van der Waals surface area contributed by atoms with Gasteiger partial charge in [0.2, 0.25) is 0 Å². The maximum atomic E-state index is 11.2. The normalized spacial score (nSPS) is 10.2. The first-order chi connectivity index (χ1) is 12.6. The van der Waals surface area contributed by atoms with Crippen molar-refractivity contribution in [2.24, 2.45) is 0 Å². The number of aryl methyl sites for hydroxylation is 1. The van der Waals surface area contributed by atoms with Gasteiger partial charge < -0.3 is 4.74 Å². The van der Waals surface area contributed by atoms with Gasteiger partial charge in [0.1, 0.15) is 0 Å². The quantitative estimate of drug-likeness (QED) is 0.344. The lowest BCUT2D eigenvalue weighted by molar-refractivity contribution is -0.139. The second-order valence-electron chi connectivity index (χ2n) is 6.47. The van der Waals surface area contributed by atoms with Crippen LogP contribution >= 0.6 is 0 Å². The van der Waals surface area contributed by atoms with Crippen molar-refractivity contribution in [1.29, 1.82) is 5.26 Å². The molecule has 0 spiro atoms. The first kappa shape index (κ1) is 19.5. The van der Waals surface area contributed by atoms with E-state index in [1.807, 2.05) is 24.3 Å². The molecule has 0 aromatic heterocycles. The van der Waals surface area contributed by atoms with E-state index in [1.165, 1.54) is 5.56 Å². The van der Waals surface area contributed by atoms with Gasteiger partial charge in [-0.1, -0.05) is 55.8 Å². The molecule has 0 radical (unpaired) electrons. The molecular formula is C23H25NO2. The van der Waals surface area contributed by atoms with Crippen molar-refractivity contribution in [1.82, 2.24) is 0 Å². The van der Waals surface area contributed by atoms with E-state index in [1.54, 1.807) is 6.92 Å². The van der Waals surface area contributed by atoms with Gasteiger partial charge in [-0.25, -0.2) is 4.79 Å². The number of unbranched alkanes of at least 4 members (excludes halogenated alkanes) is 3. The van der Waals surface area contributed by atoms with Crippen molar-refractivity contribution in [2.75, 3.05) is 6.61 Å². The van der Waals surface area contributed by atoms with E-state index in [-0.39, 0.29) is 5.97 Å². The van der Waals surface area contributed by atoms with E-state index in [0.717, 1.165) is 43.2 Å². The topological polar surface area (TPSA) is 50.1 Å². The number of hydrogen-bond donors (Lipinski definition) is 0. The Balaban J connectivity index is 1.68. The van der Waals surface area contributed by atoms with E-state index < -0.39 is 0 Å². The highest BCUT2D eigenvalue weighted by Crippen LogP contribution is 2.21. The van der Waals surface area contributed by atoms with Gasteiger partial charge in [-0.05, 0) is 55.0 Å². The molecule has 3 heteroatoms. The minimum absolute atomic E-state index is 0.299. The Bertz CT molecular complexity index is 767. The molecule has 2 aromatic rings. The van der Waals surface area contributed by atoms with Gasteiger partial charge in [-0.2, -0.15) is 5.26 Å². The lowest BCUT2D eigenvalue weighted by Crippen LogP contribution is -2.06. The van der Waals surface area contributed by atoms with Crippen LogP contribution in [0.5, 0.6) is 0 Å². The van der Waals surface area contributed by atoms with E-state index in [9.17, 15) is 4.79 Å². The minimum atomic E-state index is -0.299. The summed E-state index contributed by atoms with van der Waals surface area (Å²) in [6.45, 7) is 5.70. The number of hydrogen-bond acceptors (Lipinski definition) is 3. The second kappa shape index (κ2) is 10.2. The third kappa shape index (κ3) is 6.22. The summed E-state index contributed by atoms with van der Waals surface area (Å²) in [4.78, 5) is 11.2. The summed E-state index contributed by atoms with van der Waals surface area (Å²) in [5.41, 5.74) is 4.75. The molecule has 0 unspecified atom stereocenters. The summed E-state index contributed by atoms with van der Waals surface area (Å²) in [5, 5.41) is 8.86. The molecule has 0 heterocycles. The Hall–Kier alpha value is -2.86. The number of ether oxygens (including phenoxy) is 1. The second-order valence-corrected chi connectivity index (χ2v) is 6.47. The molecule has 2 aromatic carbocycles. The molecule has 0 aliphatic rings. The Morgan fingerprint density at radius 3 is 2.12 bits per heavy atom. The number of benzene rings is 2. The summed E-state index contributed by atoms with van der Waals surface area (Å²) in [6, 6.07) is 18.4. The van der Waals surface area contributed by atoms with Crippen LogP contribution in [0.3, 0.4) is 0 Å². The standard InChI is InChI=1S/C23H25NO2/c1-18(2)23(25)26-16-6-4-3-5-7-19-8-12-21(13-9-19)22-14-10-20(17-24)11-15-22/h8-15H,1,3-7,16H2,2H3. The average Bonchev–Trinajstić information content (AvgIpc) is 2.67. The number of rotatable bonds is 9. The minimum Gasteiger partial charge on any atom is -0.462 e. The van der Waals surface area contributed by atoms with E-state index in [4.69, 9.17) is 10.00 Å². The molecule has 0 N–H and O–H groups in total. The molecule has 0 fully saturated rings. The predicted molar refractivity (Wildman–Crippen MR) is 105 cm³/mol. The molecule has 134 valence electrons. The number of nitriles is 1. The van der Waals surface area contributed by atoms with Crippen molar-refractivity contribution >= 4 is 5.97 Å². The van der Waals surface area contributed by atoms with Crippen molar-refractivity contribution in [3.63, 3.8) is 0 Å². The molecule has 0 amide bonds. The van der Waals surface area contributed by atoms with E-state index in [0.29, 0.717) is 17.7 Å². The predicted octanol–water partition coefficient (Wildman–Crippen LogP) is 5.45. The fraction of sp³-hybridized carbons (Fsp3) is 0.304. The zero-order chi connectivity index (χ0) is 18.8. The molecular weight excluding hydrogens is 322 g/mol. The fourth-order valence-corrected chi connectivity index (χ4v) is 2.67. The molecule has 0 aliphatic heterocycles. The van der Waals surface area contributed by atoms with Crippen LogP contribution in [0.25, 0.3) is 11.1 Å². The zero-order valence-electron chi connectivity index (χ0n) is 15.3. The van der Waals surface area contributed by atoms with Gasteiger partial charge in [-0.15, -0.1) is 0 Å². The Labute approximate surface area is 155 Å². The Morgan fingerprint density at radius 2 is 1.54 bits per heavy atom. The van der Waals surface area contributed by atoms with Crippen LogP contribution in [0.15, 0.2) is 60.7 Å². The molecule has 0 saturated carbocycles. The number of carbonyl (C=O) groups excluding carboxylic acids is 1. The van der Waals surface area contributed by atoms with Crippen LogP contribution < -0.4 is 0 Å². The number of nitrogens with zero attached hydrogens (tertiary/aromatic N) is 1. The van der Waals surface area contributed by atoms with Gasteiger partial charge in [-0.3, -0.25) is 0 Å². The molecule has 0 atom stereocenters. The van der Waals surface area contributed by atoms with Crippen molar-refractivity contribution < 1.29 is 9.53 Å². The summed E-state index contributed by atoms with van der Waals surface area (Å²) >= 11 is 0. The van der Waals surface area contributed by atoms with Gasteiger partial charge in [0.15, 0.2) is 0 Å². The zero-order valence-corrected chi connectivity index (χ0v) is 15.3. The number of esters is 1. The third-order valence-electron chi connectivity index (χ3n) is 4.24. The summed E-state index contributed by atoms with van der Waals surface area (Å²) in [7, 11) is 0. The first-order valence-corrected chi connectivity index (χ1v) is 9.02. The van der Waals surface area contributed by atoms with Crippen LogP contribution in [0, 0.1) is 11.3 Å². The molecule has 2 rings (SSSR count).